The van der Waals surface area contributed by atoms with E-state index in [0.717, 1.165) is 40.8 Å². The van der Waals surface area contributed by atoms with Crippen molar-refractivity contribution in [1.82, 2.24) is 4.90 Å². The number of benzene rings is 4. The summed E-state index contributed by atoms with van der Waals surface area (Å²) in [6.07, 6.45) is 2.21. The van der Waals surface area contributed by atoms with Crippen molar-refractivity contribution in [1.29, 1.82) is 0 Å². The average Bonchev–Trinajstić information content (AvgIpc) is 3.06. The summed E-state index contributed by atoms with van der Waals surface area (Å²) in [5.41, 5.74) is 6.23. The Balaban J connectivity index is 1.50. The Morgan fingerprint density at radius 1 is 0.872 bits per heavy atom. The van der Waals surface area contributed by atoms with Gasteiger partial charge in [0.15, 0.2) is 5.78 Å². The zero-order chi connectivity index (χ0) is 34.1. The van der Waals surface area contributed by atoms with E-state index in [-0.39, 0.29) is 35.5 Å². The molecule has 0 heterocycles. The number of hydrogen-bond donors (Lipinski definition) is 1. The Hall–Kier alpha value is -4.22. The van der Waals surface area contributed by atoms with Crippen molar-refractivity contribution in [3.8, 4) is 5.75 Å². The fourth-order valence-electron chi connectivity index (χ4n) is 6.37. The van der Waals surface area contributed by atoms with E-state index in [9.17, 15) is 14.7 Å². The lowest BCUT2D eigenvalue weighted by molar-refractivity contribution is 0.0740. The first-order valence-electron chi connectivity index (χ1n) is 16.7. The number of ketones is 1. The van der Waals surface area contributed by atoms with Crippen molar-refractivity contribution in [3.05, 3.63) is 136 Å². The summed E-state index contributed by atoms with van der Waals surface area (Å²) in [6.45, 7) is 10.5. The van der Waals surface area contributed by atoms with Crippen molar-refractivity contribution in [2.24, 2.45) is 5.92 Å². The third-order valence-corrected chi connectivity index (χ3v) is 9.22. The number of nitrogens with zero attached hydrogens (tertiary/aromatic N) is 1. The summed E-state index contributed by atoms with van der Waals surface area (Å²) in [6, 6.07) is 31.5. The summed E-state index contributed by atoms with van der Waals surface area (Å²) in [7, 11) is 3.52. The number of aliphatic hydroxyl groups is 1. The number of hydrogen-bond acceptors (Lipinski definition) is 4. The molecule has 0 aliphatic carbocycles. The number of carbonyl (C=O) groups is 2. The molecule has 0 saturated carbocycles. The number of aliphatic hydroxyl groups excluding tert-OH is 1. The van der Waals surface area contributed by atoms with Gasteiger partial charge in [-0.3, -0.25) is 9.59 Å². The van der Waals surface area contributed by atoms with E-state index in [4.69, 9.17) is 4.74 Å². The van der Waals surface area contributed by atoms with Gasteiger partial charge in [-0.2, -0.15) is 0 Å². The molecule has 0 fully saturated rings. The van der Waals surface area contributed by atoms with Crippen molar-refractivity contribution in [2.75, 3.05) is 14.2 Å². The minimum atomic E-state index is -0.667. The molecular weight excluding hydrogens is 582 g/mol. The lowest BCUT2D eigenvalue weighted by atomic mass is 9.83. The van der Waals surface area contributed by atoms with Crippen molar-refractivity contribution in [2.45, 2.75) is 84.3 Å². The van der Waals surface area contributed by atoms with E-state index in [1.54, 1.807) is 25.1 Å². The normalized spacial score (nSPS) is 13.4. The highest BCUT2D eigenvalue weighted by Crippen LogP contribution is 2.35. The standard InChI is InChI=1S/C42H51NO4/c1-29-24-34(27-36(25-29)41(46)43(6)30(2)32-18-12-9-13-19-32)39(45)28-35(26-31-16-10-8-11-17-31)38(44)23-15-21-33-20-14-22-37(40(33)47-7)42(3,4)5/h8-14,16-20,22,24-25,27,30,35,38,44H,15,21,23,26,28H2,1-7H3/t30-,35-,38-/m1/s1. The van der Waals surface area contributed by atoms with Gasteiger partial charge in [-0.25, -0.2) is 0 Å². The zero-order valence-corrected chi connectivity index (χ0v) is 29.1. The third kappa shape index (κ3) is 9.42. The van der Waals surface area contributed by atoms with Gasteiger partial charge in [0.1, 0.15) is 5.75 Å². The molecule has 1 amide bonds. The Kier molecular flexibility index (Phi) is 12.2. The summed E-state index contributed by atoms with van der Waals surface area (Å²) in [5, 5.41) is 11.5. The van der Waals surface area contributed by atoms with E-state index in [2.05, 4.69) is 39.0 Å². The molecule has 5 nitrogen and oxygen atoms in total. The van der Waals surface area contributed by atoms with Crippen LogP contribution in [0.15, 0.2) is 97.1 Å². The molecule has 4 rings (SSSR count). The fourth-order valence-corrected chi connectivity index (χ4v) is 6.37. The minimum absolute atomic E-state index is 0.0438. The van der Waals surface area contributed by atoms with Gasteiger partial charge in [0, 0.05) is 24.6 Å². The summed E-state index contributed by atoms with van der Waals surface area (Å²) in [5.74, 6) is 0.444. The van der Waals surface area contributed by atoms with E-state index in [1.807, 2.05) is 86.6 Å². The molecule has 47 heavy (non-hydrogen) atoms. The average molecular weight is 634 g/mol. The molecule has 0 aliphatic rings. The first kappa shape index (κ1) is 35.6. The monoisotopic (exact) mass is 633 g/mol. The molecule has 4 aromatic carbocycles. The Bertz CT molecular complexity index is 1620. The highest BCUT2D eigenvalue weighted by Gasteiger charge is 2.26. The van der Waals surface area contributed by atoms with Gasteiger partial charge in [0.05, 0.1) is 19.3 Å². The minimum Gasteiger partial charge on any atom is -0.496 e. The summed E-state index contributed by atoms with van der Waals surface area (Å²) in [4.78, 5) is 29.2. The SMILES string of the molecule is COc1c(CCC[C@@H](O)[C@@H](CC(=O)c2cc(C)cc(C(=O)N(C)[C@H](C)c3ccccc3)c2)Cc2ccccc2)cccc1C(C)(C)C. The molecule has 1 N–H and O–H groups in total. The second-order valence-electron chi connectivity index (χ2n) is 13.9. The molecule has 0 radical (unpaired) electrons. The van der Waals surface area contributed by atoms with Crippen LogP contribution in [0.25, 0.3) is 0 Å². The fraction of sp³-hybridized carbons (Fsp3) is 0.381. The number of rotatable bonds is 14. The van der Waals surface area contributed by atoms with Crippen LogP contribution in [0.3, 0.4) is 0 Å². The number of amides is 1. The molecule has 0 unspecified atom stereocenters. The number of Topliss-reactive ketones (excluding diaryl/α,β-unsaturated/α-hetero) is 1. The van der Waals surface area contributed by atoms with Crippen LogP contribution in [0.4, 0.5) is 0 Å². The maximum atomic E-state index is 13.9. The van der Waals surface area contributed by atoms with Crippen LogP contribution in [0.1, 0.15) is 102 Å². The van der Waals surface area contributed by atoms with Gasteiger partial charge in [-0.1, -0.05) is 99.6 Å². The van der Waals surface area contributed by atoms with Crippen LogP contribution in [0, 0.1) is 12.8 Å². The van der Waals surface area contributed by atoms with Crippen LogP contribution in [0.5, 0.6) is 5.75 Å². The van der Waals surface area contributed by atoms with Crippen molar-refractivity contribution < 1.29 is 19.4 Å². The molecular formula is C42H51NO4. The van der Waals surface area contributed by atoms with Crippen LogP contribution >= 0.6 is 0 Å². The smallest absolute Gasteiger partial charge is 0.254 e. The Morgan fingerprint density at radius 3 is 2.15 bits per heavy atom. The number of ether oxygens (including phenoxy) is 1. The number of carbonyl (C=O) groups excluding carboxylic acids is 2. The van der Waals surface area contributed by atoms with Gasteiger partial charge in [-0.15, -0.1) is 0 Å². The Morgan fingerprint density at radius 2 is 1.51 bits per heavy atom. The van der Waals surface area contributed by atoms with Gasteiger partial charge >= 0.3 is 0 Å². The molecule has 0 bridgehead atoms. The van der Waals surface area contributed by atoms with Gasteiger partial charge < -0.3 is 14.7 Å². The third-order valence-electron chi connectivity index (χ3n) is 9.22. The zero-order valence-electron chi connectivity index (χ0n) is 29.1. The largest absolute Gasteiger partial charge is 0.496 e. The molecule has 4 aromatic rings. The quantitative estimate of drug-likeness (QED) is 0.141. The second kappa shape index (κ2) is 16.1. The van der Waals surface area contributed by atoms with E-state index in [0.29, 0.717) is 24.0 Å². The van der Waals surface area contributed by atoms with Crippen molar-refractivity contribution >= 4 is 11.7 Å². The predicted molar refractivity (Wildman–Crippen MR) is 191 cm³/mol. The maximum Gasteiger partial charge on any atom is 0.254 e. The lowest BCUT2D eigenvalue weighted by Crippen LogP contribution is -2.30. The van der Waals surface area contributed by atoms with Gasteiger partial charge in [0.25, 0.3) is 5.91 Å². The molecule has 248 valence electrons. The van der Waals surface area contributed by atoms with Crippen LogP contribution in [0.2, 0.25) is 0 Å². The first-order valence-corrected chi connectivity index (χ1v) is 16.7. The Labute approximate surface area is 281 Å². The van der Waals surface area contributed by atoms with Crippen LogP contribution in [-0.4, -0.2) is 42.0 Å². The van der Waals surface area contributed by atoms with Gasteiger partial charge in [0.2, 0.25) is 0 Å². The number of para-hydroxylation sites is 1. The number of methoxy groups -OCH3 is 1. The molecule has 5 heteroatoms. The summed E-state index contributed by atoms with van der Waals surface area (Å²) >= 11 is 0. The predicted octanol–water partition coefficient (Wildman–Crippen LogP) is 8.95. The topological polar surface area (TPSA) is 66.8 Å². The van der Waals surface area contributed by atoms with E-state index < -0.39 is 6.10 Å². The molecule has 0 aliphatic heterocycles. The maximum absolute atomic E-state index is 13.9. The van der Waals surface area contributed by atoms with Gasteiger partial charge in [-0.05, 0) is 96.9 Å². The second-order valence-corrected chi connectivity index (χ2v) is 13.9. The van der Waals surface area contributed by atoms with E-state index in [1.165, 1.54) is 5.56 Å². The van der Waals surface area contributed by atoms with Crippen molar-refractivity contribution in [3.63, 3.8) is 0 Å². The molecule has 3 atom stereocenters. The first-order chi connectivity index (χ1) is 22.4. The van der Waals surface area contributed by atoms with Crippen LogP contribution < -0.4 is 4.74 Å². The highest BCUT2D eigenvalue weighted by atomic mass is 16.5. The highest BCUT2D eigenvalue weighted by molar-refractivity contribution is 6.01. The van der Waals surface area contributed by atoms with Crippen LogP contribution in [-0.2, 0) is 18.3 Å². The molecule has 0 aromatic heterocycles. The molecule has 0 spiro atoms. The lowest BCUT2D eigenvalue weighted by Gasteiger charge is -2.26. The summed E-state index contributed by atoms with van der Waals surface area (Å²) < 4.78 is 5.84. The number of aryl methyl sites for hydroxylation is 2. The molecule has 0 saturated heterocycles. The van der Waals surface area contributed by atoms with E-state index >= 15 is 0 Å².